The van der Waals surface area contributed by atoms with Crippen molar-refractivity contribution in [3.63, 3.8) is 0 Å². The van der Waals surface area contributed by atoms with E-state index in [0.717, 1.165) is 0 Å². The average Bonchev–Trinajstić information content (AvgIpc) is 2.59. The second-order valence-electron chi connectivity index (χ2n) is 5.41. The number of nitrogens with zero attached hydrogens (tertiary/aromatic N) is 2. The fraction of sp³-hybridized carbons (Fsp3) is 0.222. The van der Waals surface area contributed by atoms with Crippen molar-refractivity contribution in [3.8, 4) is 11.5 Å². The number of phenols is 2. The van der Waals surface area contributed by atoms with Gasteiger partial charge in [0.1, 0.15) is 11.5 Å². The van der Waals surface area contributed by atoms with Crippen molar-refractivity contribution in [1.29, 1.82) is 0 Å². The fourth-order valence-corrected chi connectivity index (χ4v) is 2.43. The Bertz CT molecular complexity index is 727. The van der Waals surface area contributed by atoms with Gasteiger partial charge in [0.05, 0.1) is 0 Å². The monoisotopic (exact) mass is 437 g/mol. The summed E-state index contributed by atoms with van der Waals surface area (Å²) in [6.45, 7) is -0.106. The van der Waals surface area contributed by atoms with E-state index in [1.807, 2.05) is 0 Å². The Morgan fingerprint density at radius 2 is 1.07 bits per heavy atom. The van der Waals surface area contributed by atoms with Gasteiger partial charge in [-0.3, -0.25) is 9.59 Å². The molecule has 10 heteroatoms. The van der Waals surface area contributed by atoms with Crippen LogP contribution >= 0.6 is 0 Å². The van der Waals surface area contributed by atoms with Crippen LogP contribution in [0.4, 0.5) is 0 Å². The van der Waals surface area contributed by atoms with Crippen molar-refractivity contribution in [1.82, 2.24) is 0 Å². The van der Waals surface area contributed by atoms with Gasteiger partial charge in [0, 0.05) is 17.1 Å². The maximum atomic E-state index is 11.4. The van der Waals surface area contributed by atoms with Crippen LogP contribution in [-0.4, -0.2) is 45.5 Å². The van der Waals surface area contributed by atoms with Gasteiger partial charge in [-0.15, -0.1) is 0 Å². The summed E-state index contributed by atoms with van der Waals surface area (Å²) in [5.74, 6) is -2.83. The third-order valence-corrected chi connectivity index (χ3v) is 3.65. The van der Waals surface area contributed by atoms with Gasteiger partial charge < -0.3 is 31.1 Å². The molecule has 2 aromatic rings. The molecule has 0 saturated carbocycles. The van der Waals surface area contributed by atoms with Crippen molar-refractivity contribution < 1.29 is 76.6 Å². The molecule has 0 amide bonds. The predicted octanol–water partition coefficient (Wildman–Crippen LogP) is -0.202. The fourth-order valence-electron chi connectivity index (χ4n) is 2.43. The quantitative estimate of drug-likeness (QED) is 0.316. The second-order valence-corrected chi connectivity index (χ2v) is 5.41. The number of benzene rings is 2. The number of rotatable bonds is 9. The third kappa shape index (κ3) is 7.10. The van der Waals surface area contributed by atoms with Crippen molar-refractivity contribution >= 4 is 11.9 Å². The molecule has 0 spiro atoms. The molecule has 0 saturated heterocycles. The van der Waals surface area contributed by atoms with Gasteiger partial charge in [0.25, 0.3) is 11.9 Å². The molecule has 0 radical (unpaired) electrons. The minimum Gasteiger partial charge on any atom is -0.648 e. The van der Waals surface area contributed by atoms with Gasteiger partial charge >= 0.3 is 29.6 Å². The molecule has 8 nitrogen and oxygen atoms in total. The topological polar surface area (TPSA) is 143 Å². The van der Waals surface area contributed by atoms with E-state index in [1.54, 1.807) is 24.3 Å². The first-order valence-corrected chi connectivity index (χ1v) is 7.76. The van der Waals surface area contributed by atoms with Gasteiger partial charge in [-0.05, 0) is 35.3 Å². The number of carbonyl (C=O) groups is 2. The second kappa shape index (κ2) is 12.8. The SMILES string of the molecule is O=C(O)C([N-]CC[N-]C(C(=O)O)c1ccccc1O)c1ccccc1O.[Fe].[Na+]. The molecular weight excluding hydrogens is 419 g/mol. The molecule has 0 fully saturated rings. The molecule has 0 bridgehead atoms. The number of aromatic hydroxyl groups is 2. The number of aliphatic carboxylic acids is 2. The largest absolute Gasteiger partial charge is 1.00 e. The van der Waals surface area contributed by atoms with Crippen molar-refractivity contribution in [3.05, 3.63) is 70.3 Å². The Kier molecular flexibility index (Phi) is 12.1. The number of hydrogen-bond acceptors (Lipinski definition) is 4. The van der Waals surface area contributed by atoms with Crippen LogP contribution in [-0.2, 0) is 26.7 Å². The van der Waals surface area contributed by atoms with E-state index in [1.165, 1.54) is 24.3 Å². The predicted molar refractivity (Wildman–Crippen MR) is 93.4 cm³/mol. The summed E-state index contributed by atoms with van der Waals surface area (Å²) in [5, 5.41) is 46.1. The molecule has 146 valence electrons. The van der Waals surface area contributed by atoms with Gasteiger partial charge in [-0.1, -0.05) is 36.4 Å². The normalized spacial score (nSPS) is 12.1. The molecule has 0 aliphatic rings. The van der Waals surface area contributed by atoms with E-state index in [0.29, 0.717) is 0 Å². The van der Waals surface area contributed by atoms with Gasteiger partial charge in [-0.2, -0.15) is 13.1 Å². The summed E-state index contributed by atoms with van der Waals surface area (Å²) < 4.78 is 0. The van der Waals surface area contributed by atoms with Crippen LogP contribution in [0.5, 0.6) is 11.5 Å². The molecule has 0 aromatic heterocycles. The molecule has 0 aliphatic heterocycles. The van der Waals surface area contributed by atoms with E-state index >= 15 is 0 Å². The number of carboxylic acids is 2. The van der Waals surface area contributed by atoms with Crippen LogP contribution < -0.4 is 29.6 Å². The zero-order valence-corrected chi connectivity index (χ0v) is 18.1. The molecule has 4 N–H and O–H groups in total. The molecule has 0 aliphatic carbocycles. The Hall–Kier alpha value is -1.58. The summed E-state index contributed by atoms with van der Waals surface area (Å²) in [6.07, 6.45) is 0. The molecule has 0 heterocycles. The molecule has 28 heavy (non-hydrogen) atoms. The number of hydrogen-bond donors (Lipinski definition) is 4. The summed E-state index contributed by atoms with van der Waals surface area (Å²) >= 11 is 0. The number of phenolic OH excluding ortho intramolecular Hbond substituents is 2. The standard InChI is InChI=1S/C18H18N2O6.Fe.Na/c21-13-7-3-1-5-11(13)15(17(23)24)19-9-10-20-16(18(25)26)12-6-2-4-8-14(12)22;;/h1-8,15-16,21-22H,9-10H2,(H,23,24)(H,25,26);;/q-2;;+1. The first-order valence-electron chi connectivity index (χ1n) is 7.76. The average molecular weight is 437 g/mol. The van der Waals surface area contributed by atoms with Crippen LogP contribution in [0.2, 0.25) is 0 Å². The molecular formula is C18H18FeN2NaO6-. The van der Waals surface area contributed by atoms with E-state index in [2.05, 4.69) is 10.6 Å². The van der Waals surface area contributed by atoms with Gasteiger partial charge in [-0.25, -0.2) is 0 Å². The van der Waals surface area contributed by atoms with E-state index in [-0.39, 0.29) is 82.3 Å². The van der Waals surface area contributed by atoms with E-state index < -0.39 is 24.0 Å². The van der Waals surface area contributed by atoms with Crippen molar-refractivity contribution in [2.45, 2.75) is 12.1 Å². The Labute approximate surface area is 194 Å². The number of carboxylic acid groups (broad SMARTS) is 2. The van der Waals surface area contributed by atoms with Crippen LogP contribution in [0.1, 0.15) is 23.2 Å². The first-order chi connectivity index (χ1) is 12.4. The van der Waals surface area contributed by atoms with Crippen molar-refractivity contribution in [2.24, 2.45) is 0 Å². The number of para-hydroxylation sites is 2. The Morgan fingerprint density at radius 1 is 0.750 bits per heavy atom. The summed E-state index contributed by atoms with van der Waals surface area (Å²) in [4.78, 5) is 22.8. The third-order valence-electron chi connectivity index (χ3n) is 3.65. The molecule has 2 atom stereocenters. The van der Waals surface area contributed by atoms with E-state index in [9.17, 15) is 30.0 Å². The zero-order valence-electron chi connectivity index (χ0n) is 15.0. The molecule has 2 rings (SSSR count). The van der Waals surface area contributed by atoms with Gasteiger partial charge in [0.2, 0.25) is 0 Å². The molecule has 2 aromatic carbocycles. The Balaban J connectivity index is 0.00000364. The van der Waals surface area contributed by atoms with Crippen LogP contribution in [0.3, 0.4) is 0 Å². The van der Waals surface area contributed by atoms with E-state index in [4.69, 9.17) is 0 Å². The maximum Gasteiger partial charge on any atom is 1.00 e. The smallest absolute Gasteiger partial charge is 0.648 e. The summed E-state index contributed by atoms with van der Waals surface area (Å²) in [6, 6.07) is 9.39. The van der Waals surface area contributed by atoms with Crippen LogP contribution in [0.15, 0.2) is 48.5 Å². The van der Waals surface area contributed by atoms with Crippen LogP contribution in [0.25, 0.3) is 10.6 Å². The Morgan fingerprint density at radius 3 is 1.36 bits per heavy atom. The molecule has 2 unspecified atom stereocenters. The maximum absolute atomic E-state index is 11.4. The summed E-state index contributed by atoms with van der Waals surface area (Å²) in [5.41, 5.74) is 0.297. The zero-order chi connectivity index (χ0) is 19.1. The van der Waals surface area contributed by atoms with Crippen molar-refractivity contribution in [2.75, 3.05) is 13.1 Å². The van der Waals surface area contributed by atoms with Gasteiger partial charge in [0.15, 0.2) is 0 Å². The summed E-state index contributed by atoms with van der Waals surface area (Å²) in [7, 11) is 0. The minimum atomic E-state index is -1.28. The van der Waals surface area contributed by atoms with Crippen LogP contribution in [0, 0.1) is 0 Å². The first kappa shape index (κ1) is 26.4. The minimum absolute atomic E-state index is 0.